The molecule has 7 rings (SSSR count). The van der Waals surface area contributed by atoms with Crippen LogP contribution < -0.4 is 16.2 Å². The van der Waals surface area contributed by atoms with Crippen molar-refractivity contribution in [2.24, 2.45) is 11.8 Å². The molecule has 2 aliphatic rings. The summed E-state index contributed by atoms with van der Waals surface area (Å²) in [5, 5.41) is 27.6. The van der Waals surface area contributed by atoms with Crippen LogP contribution in [-0.2, 0) is 27.1 Å². The van der Waals surface area contributed by atoms with Crippen LogP contribution in [0, 0.1) is 11.8 Å². The predicted molar refractivity (Wildman–Crippen MR) is 229 cm³/mol. The first-order chi connectivity index (χ1) is 28.7. The van der Waals surface area contributed by atoms with Crippen LogP contribution in [0.15, 0.2) is 108 Å². The molecule has 2 unspecified atom stereocenters. The minimum atomic E-state index is -0.863. The number of rotatable bonds is 18. The summed E-state index contributed by atoms with van der Waals surface area (Å²) in [5.74, 6) is 1.03. The van der Waals surface area contributed by atoms with E-state index < -0.39 is 6.10 Å². The second kappa shape index (κ2) is 20.0. The second-order valence-corrected chi connectivity index (χ2v) is 15.8. The molecule has 310 valence electrons. The lowest BCUT2D eigenvalue weighted by Crippen LogP contribution is -2.35. The lowest BCUT2D eigenvalue weighted by Gasteiger charge is -2.20. The molecule has 4 aromatic carbocycles. The molecule has 59 heavy (non-hydrogen) atoms. The van der Waals surface area contributed by atoms with Crippen molar-refractivity contribution < 1.29 is 29.3 Å². The van der Waals surface area contributed by atoms with Gasteiger partial charge >= 0.3 is 6.09 Å². The molecule has 2 heterocycles. The number of aromatic hydroxyl groups is 1. The van der Waals surface area contributed by atoms with E-state index in [0.29, 0.717) is 54.6 Å². The molecule has 2 amide bonds. The minimum absolute atomic E-state index is 0.0110. The molecule has 1 saturated heterocycles. The lowest BCUT2D eigenvalue weighted by molar-refractivity contribution is -0.131. The van der Waals surface area contributed by atoms with Gasteiger partial charge in [0.05, 0.1) is 36.9 Å². The number of amides is 2. The zero-order valence-electron chi connectivity index (χ0n) is 33.6. The number of fused-ring (bicyclic) bond motifs is 2. The van der Waals surface area contributed by atoms with E-state index in [2.05, 4.69) is 44.8 Å². The van der Waals surface area contributed by atoms with Crippen molar-refractivity contribution in [3.63, 3.8) is 0 Å². The summed E-state index contributed by atoms with van der Waals surface area (Å²) >= 11 is 0. The first-order valence-electron chi connectivity index (χ1n) is 20.7. The van der Waals surface area contributed by atoms with E-state index in [0.717, 1.165) is 62.1 Å². The normalized spacial score (nSPS) is 18.1. The Labute approximate surface area is 345 Å². The number of aromatic nitrogens is 1. The van der Waals surface area contributed by atoms with Gasteiger partial charge < -0.3 is 39.8 Å². The Bertz CT molecular complexity index is 2230. The van der Waals surface area contributed by atoms with Crippen LogP contribution in [0.4, 0.5) is 10.5 Å². The van der Waals surface area contributed by atoms with Crippen molar-refractivity contribution >= 4 is 28.6 Å². The quantitative estimate of drug-likeness (QED) is 0.0658. The zero-order chi connectivity index (χ0) is 41.1. The number of H-pyrrole nitrogens is 1. The van der Waals surface area contributed by atoms with Crippen molar-refractivity contribution in [3.05, 3.63) is 130 Å². The SMILES string of the molecule is CN(CCNC[C@H](O)c1ccc(O)c2[nH]c(=O)ccc12)C(=O)CCOCCc1cccc(CCN2CC3CC(OC(=O)Nc4ccccc4-c4ccccc4)CC3C2)c1. The van der Waals surface area contributed by atoms with Crippen molar-refractivity contribution in [3.8, 4) is 16.9 Å². The largest absolute Gasteiger partial charge is 0.506 e. The summed E-state index contributed by atoms with van der Waals surface area (Å²) in [6, 6.07) is 32.6. The van der Waals surface area contributed by atoms with E-state index >= 15 is 0 Å². The van der Waals surface area contributed by atoms with Gasteiger partial charge in [0.15, 0.2) is 0 Å². The number of phenols is 1. The van der Waals surface area contributed by atoms with Crippen LogP contribution in [0.3, 0.4) is 0 Å². The van der Waals surface area contributed by atoms with Gasteiger partial charge in [-0.1, -0.05) is 78.9 Å². The lowest BCUT2D eigenvalue weighted by atomic mass is 10.0. The molecule has 1 saturated carbocycles. The minimum Gasteiger partial charge on any atom is -0.506 e. The number of nitrogens with zero attached hydrogens (tertiary/aromatic N) is 2. The summed E-state index contributed by atoms with van der Waals surface area (Å²) in [4.78, 5) is 44.1. The van der Waals surface area contributed by atoms with Gasteiger partial charge in [0.25, 0.3) is 0 Å². The maximum Gasteiger partial charge on any atom is 0.411 e. The van der Waals surface area contributed by atoms with E-state index in [1.165, 1.54) is 23.3 Å². The number of likely N-dealkylation sites (N-methyl/N-ethyl adjacent to an activating group) is 1. The molecule has 0 bridgehead atoms. The van der Waals surface area contributed by atoms with Crippen LogP contribution in [-0.4, -0.2) is 103 Å². The molecule has 1 aliphatic carbocycles. The molecule has 1 aromatic heterocycles. The molecule has 12 nitrogen and oxygen atoms in total. The van der Waals surface area contributed by atoms with E-state index in [9.17, 15) is 24.6 Å². The summed E-state index contributed by atoms with van der Waals surface area (Å²) < 4.78 is 11.8. The van der Waals surface area contributed by atoms with Crippen molar-refractivity contribution in [1.82, 2.24) is 20.1 Å². The number of pyridine rings is 1. The maximum atomic E-state index is 12.9. The Kier molecular flexibility index (Phi) is 14.1. The van der Waals surface area contributed by atoms with Gasteiger partial charge in [-0.15, -0.1) is 0 Å². The Morgan fingerprint density at radius 3 is 2.44 bits per heavy atom. The number of phenolic OH excluding ortho intramolecular Hbond substituents is 1. The highest BCUT2D eigenvalue weighted by atomic mass is 16.6. The molecule has 12 heteroatoms. The van der Waals surface area contributed by atoms with E-state index in [-0.39, 0.29) is 42.4 Å². The fraction of sp³-hybridized carbons (Fsp3) is 0.383. The molecule has 2 fully saturated rings. The van der Waals surface area contributed by atoms with Gasteiger partial charge in [-0.2, -0.15) is 0 Å². The van der Waals surface area contributed by atoms with Crippen molar-refractivity contribution in [2.45, 2.75) is 44.3 Å². The summed E-state index contributed by atoms with van der Waals surface area (Å²) in [7, 11) is 1.75. The third kappa shape index (κ3) is 11.2. The third-order valence-corrected chi connectivity index (χ3v) is 11.7. The fourth-order valence-electron chi connectivity index (χ4n) is 8.51. The standard InChI is InChI=1S/C47H55N5O7/c1-51(23-21-48-29-43(54)39-14-16-42(53)46-40(39)15-17-44(55)50-46)45(56)20-25-58-24-19-33-9-7-8-32(26-33)18-22-52-30-35-27-37(28-36(35)31-52)59-47(57)49-41-13-6-5-12-38(41)34-10-3-2-4-11-34/h2-17,26,35-37,43,48,53-54H,18-25,27-31H2,1H3,(H,49,57)(H,50,55)/t35?,36?,37?,43-/m0/s1. The molecular formula is C47H55N5O7. The van der Waals surface area contributed by atoms with Gasteiger partial charge in [0, 0.05) is 63.3 Å². The molecule has 5 N–H and O–H groups in total. The van der Waals surface area contributed by atoms with Gasteiger partial charge in [-0.05, 0) is 78.0 Å². The van der Waals surface area contributed by atoms with Gasteiger partial charge in [-0.25, -0.2) is 4.79 Å². The Morgan fingerprint density at radius 2 is 1.64 bits per heavy atom. The van der Waals surface area contributed by atoms with E-state index in [1.807, 2.05) is 54.6 Å². The Balaban J connectivity index is 0.746. The second-order valence-electron chi connectivity index (χ2n) is 15.8. The monoisotopic (exact) mass is 801 g/mol. The number of ether oxygens (including phenoxy) is 2. The number of nitrogens with one attached hydrogen (secondary N) is 3. The average molecular weight is 802 g/mol. The van der Waals surface area contributed by atoms with Crippen molar-refractivity contribution in [2.75, 3.05) is 64.8 Å². The van der Waals surface area contributed by atoms with E-state index in [1.54, 1.807) is 24.1 Å². The van der Waals surface area contributed by atoms with Crippen LogP contribution in [0.25, 0.3) is 22.0 Å². The maximum absolute atomic E-state index is 12.9. The number of aliphatic hydroxyl groups excluding tert-OH is 1. The number of hydrogen-bond donors (Lipinski definition) is 5. The van der Waals surface area contributed by atoms with E-state index in [4.69, 9.17) is 9.47 Å². The zero-order valence-corrected chi connectivity index (χ0v) is 33.6. The fourth-order valence-corrected chi connectivity index (χ4v) is 8.51. The highest BCUT2D eigenvalue weighted by Crippen LogP contribution is 2.40. The van der Waals surface area contributed by atoms with Crippen molar-refractivity contribution in [1.29, 1.82) is 0 Å². The number of benzene rings is 4. The number of carbonyl (C=O) groups excluding carboxylic acids is 2. The van der Waals surface area contributed by atoms with Gasteiger partial charge in [0.2, 0.25) is 11.5 Å². The predicted octanol–water partition coefficient (Wildman–Crippen LogP) is 6.13. The smallest absolute Gasteiger partial charge is 0.411 e. The summed E-state index contributed by atoms with van der Waals surface area (Å²) in [5.41, 5.74) is 5.85. The number of aromatic amines is 1. The Hall–Kier alpha value is -5.53. The van der Waals surface area contributed by atoms with Crippen LogP contribution in [0.2, 0.25) is 0 Å². The van der Waals surface area contributed by atoms with Crippen LogP contribution in [0.1, 0.15) is 42.1 Å². The molecule has 5 aromatic rings. The van der Waals surface area contributed by atoms with Gasteiger partial charge in [0.1, 0.15) is 11.9 Å². The molecule has 3 atom stereocenters. The van der Waals surface area contributed by atoms with Crippen LogP contribution >= 0.6 is 0 Å². The van der Waals surface area contributed by atoms with Crippen LogP contribution in [0.5, 0.6) is 5.75 Å². The average Bonchev–Trinajstić information content (AvgIpc) is 3.80. The number of para-hydroxylation sites is 1. The molecule has 1 aliphatic heterocycles. The first-order valence-corrected chi connectivity index (χ1v) is 20.7. The number of carbonyl (C=O) groups is 2. The molecule has 0 spiro atoms. The molecule has 0 radical (unpaired) electrons. The van der Waals surface area contributed by atoms with Gasteiger partial charge in [-0.3, -0.25) is 14.9 Å². The number of likely N-dealkylation sites (tertiary alicyclic amines) is 1. The number of aliphatic hydroxyl groups is 1. The molecular weight excluding hydrogens is 747 g/mol. The topological polar surface area (TPSA) is 156 Å². The highest BCUT2D eigenvalue weighted by Gasteiger charge is 2.42. The summed E-state index contributed by atoms with van der Waals surface area (Å²) in [6.45, 7) is 5.17. The first kappa shape index (κ1) is 41.6. The Morgan fingerprint density at radius 1 is 0.898 bits per heavy atom. The summed E-state index contributed by atoms with van der Waals surface area (Å²) in [6.07, 6.45) is 2.54. The number of hydrogen-bond acceptors (Lipinski definition) is 9. The number of anilines is 1. The third-order valence-electron chi connectivity index (χ3n) is 11.7. The highest BCUT2D eigenvalue weighted by molar-refractivity contribution is 5.91.